The van der Waals surface area contributed by atoms with Crippen molar-refractivity contribution in [3.8, 4) is 0 Å². The summed E-state index contributed by atoms with van der Waals surface area (Å²) in [7, 11) is -3.24. The van der Waals surface area contributed by atoms with Crippen LogP contribution in [0.5, 0.6) is 0 Å². The van der Waals surface area contributed by atoms with Crippen LogP contribution in [0, 0.1) is 0 Å². The lowest BCUT2D eigenvalue weighted by molar-refractivity contribution is -0.129. The molecule has 1 aliphatic rings. The predicted octanol–water partition coefficient (Wildman–Crippen LogP) is 0.981. The molecule has 0 unspecified atom stereocenters. The van der Waals surface area contributed by atoms with Crippen molar-refractivity contribution in [1.29, 1.82) is 0 Å². The largest absolute Gasteiger partial charge is 0.468 e. The van der Waals surface area contributed by atoms with Crippen LogP contribution in [0.2, 0.25) is 0 Å². The minimum absolute atomic E-state index is 0.101. The average Bonchev–Trinajstić information content (AvgIpc) is 2.66. The monoisotopic (exact) mass is 269 g/mol. The molecular weight excluding hydrogens is 254 g/mol. The molecule has 0 aromatic carbocycles. The van der Waals surface area contributed by atoms with Gasteiger partial charge in [0.2, 0.25) is 5.91 Å². The SMILES string of the molecule is C/C=C/C(=O)N1CC(S(=O)(=O)Cc2ccco2)C1. The molecule has 1 fully saturated rings. The second kappa shape index (κ2) is 4.97. The van der Waals surface area contributed by atoms with Crippen molar-refractivity contribution in [2.75, 3.05) is 13.1 Å². The highest BCUT2D eigenvalue weighted by Gasteiger charge is 2.39. The molecule has 0 radical (unpaired) electrons. The fourth-order valence-electron chi connectivity index (χ4n) is 1.80. The normalized spacial score (nSPS) is 17.1. The molecule has 0 aliphatic carbocycles. The molecule has 1 aliphatic heterocycles. The number of amides is 1. The van der Waals surface area contributed by atoms with Gasteiger partial charge >= 0.3 is 0 Å². The molecule has 18 heavy (non-hydrogen) atoms. The molecule has 0 bridgehead atoms. The average molecular weight is 269 g/mol. The number of furan rings is 1. The van der Waals surface area contributed by atoms with Gasteiger partial charge in [-0.15, -0.1) is 0 Å². The number of hydrogen-bond donors (Lipinski definition) is 0. The number of sulfone groups is 1. The third-order valence-electron chi connectivity index (χ3n) is 2.90. The molecule has 1 aromatic rings. The summed E-state index contributed by atoms with van der Waals surface area (Å²) < 4.78 is 29.0. The Kier molecular flexibility index (Phi) is 3.56. The van der Waals surface area contributed by atoms with Crippen LogP contribution in [0.3, 0.4) is 0 Å². The van der Waals surface area contributed by atoms with Gasteiger partial charge in [-0.05, 0) is 25.1 Å². The zero-order valence-electron chi connectivity index (χ0n) is 10.1. The Morgan fingerprint density at radius 1 is 1.56 bits per heavy atom. The van der Waals surface area contributed by atoms with E-state index < -0.39 is 15.1 Å². The fourth-order valence-corrected chi connectivity index (χ4v) is 3.41. The number of allylic oxidation sites excluding steroid dienone is 1. The molecule has 1 aromatic heterocycles. The van der Waals surface area contributed by atoms with Gasteiger partial charge in [0.05, 0.1) is 11.5 Å². The lowest BCUT2D eigenvalue weighted by atomic mass is 10.2. The number of carbonyl (C=O) groups excluding carboxylic acids is 1. The summed E-state index contributed by atoms with van der Waals surface area (Å²) >= 11 is 0. The minimum atomic E-state index is -3.24. The van der Waals surface area contributed by atoms with E-state index in [0.717, 1.165) is 0 Å². The van der Waals surface area contributed by atoms with Crippen molar-refractivity contribution in [3.63, 3.8) is 0 Å². The van der Waals surface area contributed by atoms with E-state index >= 15 is 0 Å². The Morgan fingerprint density at radius 2 is 2.28 bits per heavy atom. The van der Waals surface area contributed by atoms with E-state index in [2.05, 4.69) is 0 Å². The summed E-state index contributed by atoms with van der Waals surface area (Å²) in [6, 6.07) is 3.30. The Bertz CT molecular complexity index is 539. The van der Waals surface area contributed by atoms with Crippen LogP contribution >= 0.6 is 0 Å². The molecule has 98 valence electrons. The highest BCUT2D eigenvalue weighted by Crippen LogP contribution is 2.20. The van der Waals surface area contributed by atoms with Crippen LogP contribution in [-0.2, 0) is 20.4 Å². The van der Waals surface area contributed by atoms with Crippen LogP contribution in [-0.4, -0.2) is 37.6 Å². The summed E-state index contributed by atoms with van der Waals surface area (Å²) in [6.07, 6.45) is 4.54. The third-order valence-corrected chi connectivity index (χ3v) is 4.90. The topological polar surface area (TPSA) is 67.6 Å². The fraction of sp³-hybridized carbons (Fsp3) is 0.417. The summed E-state index contributed by atoms with van der Waals surface area (Å²) in [5, 5.41) is -0.475. The second-order valence-corrected chi connectivity index (χ2v) is 6.53. The van der Waals surface area contributed by atoms with Crippen LogP contribution in [0.15, 0.2) is 35.0 Å². The lowest BCUT2D eigenvalue weighted by Gasteiger charge is -2.37. The molecule has 1 saturated heterocycles. The number of hydrogen-bond acceptors (Lipinski definition) is 4. The van der Waals surface area contributed by atoms with Crippen molar-refractivity contribution >= 4 is 15.7 Å². The maximum absolute atomic E-state index is 12.0. The molecule has 2 rings (SSSR count). The Morgan fingerprint density at radius 3 is 2.83 bits per heavy atom. The van der Waals surface area contributed by atoms with E-state index in [-0.39, 0.29) is 24.7 Å². The Balaban J connectivity index is 1.93. The first-order valence-electron chi connectivity index (χ1n) is 5.68. The quantitative estimate of drug-likeness (QED) is 0.764. The van der Waals surface area contributed by atoms with Gasteiger partial charge < -0.3 is 9.32 Å². The lowest BCUT2D eigenvalue weighted by Crippen LogP contribution is -2.56. The van der Waals surface area contributed by atoms with Crippen LogP contribution in [0.25, 0.3) is 0 Å². The van der Waals surface area contributed by atoms with Gasteiger partial charge in [-0.2, -0.15) is 0 Å². The maximum Gasteiger partial charge on any atom is 0.246 e. The van der Waals surface area contributed by atoms with Crippen molar-refractivity contribution < 1.29 is 17.6 Å². The van der Waals surface area contributed by atoms with E-state index in [9.17, 15) is 13.2 Å². The van der Waals surface area contributed by atoms with Gasteiger partial charge in [-0.3, -0.25) is 4.79 Å². The zero-order valence-corrected chi connectivity index (χ0v) is 10.9. The Labute approximate surface area is 106 Å². The number of carbonyl (C=O) groups is 1. The first-order valence-corrected chi connectivity index (χ1v) is 7.40. The van der Waals surface area contributed by atoms with E-state index in [4.69, 9.17) is 4.42 Å². The van der Waals surface area contributed by atoms with E-state index in [1.165, 1.54) is 17.2 Å². The van der Waals surface area contributed by atoms with Gasteiger partial charge in [0.15, 0.2) is 9.84 Å². The van der Waals surface area contributed by atoms with Gasteiger partial charge in [0.1, 0.15) is 11.5 Å². The third kappa shape index (κ3) is 2.64. The first-order chi connectivity index (χ1) is 8.53. The van der Waals surface area contributed by atoms with Crippen LogP contribution < -0.4 is 0 Å². The molecule has 6 heteroatoms. The molecule has 1 amide bonds. The number of nitrogens with zero attached hydrogens (tertiary/aromatic N) is 1. The van der Waals surface area contributed by atoms with E-state index in [0.29, 0.717) is 5.76 Å². The van der Waals surface area contributed by atoms with Crippen molar-refractivity contribution in [3.05, 3.63) is 36.3 Å². The molecule has 5 nitrogen and oxygen atoms in total. The predicted molar refractivity (Wildman–Crippen MR) is 66.5 cm³/mol. The molecular formula is C12H15NO4S. The molecule has 0 atom stereocenters. The van der Waals surface area contributed by atoms with Gasteiger partial charge in [0, 0.05) is 13.1 Å². The first kappa shape index (κ1) is 12.9. The summed E-state index contributed by atoms with van der Waals surface area (Å²) in [5.41, 5.74) is 0. The highest BCUT2D eigenvalue weighted by molar-refractivity contribution is 7.91. The standard InChI is InChI=1S/C12H15NO4S/c1-2-4-12(14)13-7-11(8-13)18(15,16)9-10-5-3-6-17-10/h2-6,11H,7-9H2,1H3/b4-2+. The van der Waals surface area contributed by atoms with Crippen molar-refractivity contribution in [1.82, 2.24) is 4.90 Å². The van der Waals surface area contributed by atoms with Crippen molar-refractivity contribution in [2.24, 2.45) is 0 Å². The van der Waals surface area contributed by atoms with Gasteiger partial charge in [-0.1, -0.05) is 6.08 Å². The summed E-state index contributed by atoms with van der Waals surface area (Å²) in [6.45, 7) is 2.29. The zero-order chi connectivity index (χ0) is 13.2. The summed E-state index contributed by atoms with van der Waals surface area (Å²) in [4.78, 5) is 13.0. The summed E-state index contributed by atoms with van der Waals surface area (Å²) in [5.74, 6) is 0.200. The molecule has 0 N–H and O–H groups in total. The molecule has 2 heterocycles. The van der Waals surface area contributed by atoms with E-state index in [1.807, 2.05) is 0 Å². The smallest absolute Gasteiger partial charge is 0.246 e. The maximum atomic E-state index is 12.0. The van der Waals surface area contributed by atoms with Gasteiger partial charge in [0.25, 0.3) is 0 Å². The molecule has 0 spiro atoms. The van der Waals surface area contributed by atoms with Crippen molar-refractivity contribution in [2.45, 2.75) is 17.9 Å². The number of rotatable bonds is 4. The number of likely N-dealkylation sites (tertiary alicyclic amines) is 1. The van der Waals surface area contributed by atoms with Crippen LogP contribution in [0.1, 0.15) is 12.7 Å². The Hall–Kier alpha value is -1.56. The minimum Gasteiger partial charge on any atom is -0.468 e. The van der Waals surface area contributed by atoms with Gasteiger partial charge in [-0.25, -0.2) is 8.42 Å². The molecule has 0 saturated carbocycles. The highest BCUT2D eigenvalue weighted by atomic mass is 32.2. The second-order valence-electron chi connectivity index (χ2n) is 4.25. The van der Waals surface area contributed by atoms with E-state index in [1.54, 1.807) is 25.1 Å². The van der Waals surface area contributed by atoms with Crippen LogP contribution in [0.4, 0.5) is 0 Å².